The normalized spacial score (nSPS) is 10.5. The van der Waals surface area contributed by atoms with Crippen LogP contribution in [0.1, 0.15) is 21.5 Å². The van der Waals surface area contributed by atoms with E-state index >= 15 is 0 Å². The van der Waals surface area contributed by atoms with Gasteiger partial charge in [0.2, 0.25) is 0 Å². The Balaban J connectivity index is 2.33. The molecule has 0 N–H and O–H groups in total. The average Bonchev–Trinajstić information content (AvgIpc) is 2.81. The first-order valence-electron chi connectivity index (χ1n) is 5.86. The van der Waals surface area contributed by atoms with E-state index < -0.39 is 11.6 Å². The zero-order valence-corrected chi connectivity index (χ0v) is 11.4. The van der Waals surface area contributed by atoms with Crippen molar-refractivity contribution in [3.8, 4) is 0 Å². The molecule has 2 nitrogen and oxygen atoms in total. The average molecular weight is 281 g/mol. The number of nitrogens with zero attached hydrogens (tertiary/aromatic N) is 1. The highest BCUT2D eigenvalue weighted by Gasteiger charge is 2.18. The summed E-state index contributed by atoms with van der Waals surface area (Å²) in [5.41, 5.74) is 0.359. The second-order valence-corrected chi connectivity index (χ2v) is 5.35. The predicted molar refractivity (Wildman–Crippen MR) is 72.8 cm³/mol. The summed E-state index contributed by atoms with van der Waals surface area (Å²) in [6, 6.07) is 7.07. The minimum Gasteiger partial charge on any atom is -0.308 e. The van der Waals surface area contributed by atoms with Gasteiger partial charge in [0.25, 0.3) is 5.91 Å². The molecule has 0 spiro atoms. The Kier molecular flexibility index (Phi) is 3.95. The highest BCUT2D eigenvalue weighted by molar-refractivity contribution is 7.14. The van der Waals surface area contributed by atoms with Crippen molar-refractivity contribution in [1.82, 2.24) is 0 Å². The van der Waals surface area contributed by atoms with E-state index in [4.69, 9.17) is 0 Å². The molecular weight excluding hydrogens is 268 g/mol. The maximum absolute atomic E-state index is 13.2. The fourth-order valence-corrected chi connectivity index (χ4v) is 2.60. The molecule has 19 heavy (non-hydrogen) atoms. The zero-order chi connectivity index (χ0) is 14.0. The van der Waals surface area contributed by atoms with Crippen molar-refractivity contribution in [3.63, 3.8) is 0 Å². The molecule has 5 heteroatoms. The first kappa shape index (κ1) is 13.7. The number of carbonyl (C=O) groups excluding carboxylic acids is 1. The Hall–Kier alpha value is -1.75. The molecule has 0 aliphatic heterocycles. The summed E-state index contributed by atoms with van der Waals surface area (Å²) >= 11 is 1.38. The van der Waals surface area contributed by atoms with Gasteiger partial charge in [0.05, 0.1) is 4.88 Å². The standard InChI is InChI=1S/C14H13F2NOS/c1-3-17(10-5-6-11(15)12(16)8-10)14(18)13-7-4-9(2)19-13/h4-8H,3H2,1-2H3. The van der Waals surface area contributed by atoms with Crippen molar-refractivity contribution in [2.75, 3.05) is 11.4 Å². The van der Waals surface area contributed by atoms with E-state index in [1.807, 2.05) is 13.0 Å². The molecule has 0 unspecified atom stereocenters. The number of halogens is 2. The number of rotatable bonds is 3. The molecule has 1 aromatic heterocycles. The topological polar surface area (TPSA) is 20.3 Å². The van der Waals surface area contributed by atoms with E-state index in [1.54, 1.807) is 13.0 Å². The van der Waals surface area contributed by atoms with Crippen LogP contribution in [0.4, 0.5) is 14.5 Å². The molecule has 2 rings (SSSR count). The van der Waals surface area contributed by atoms with Crippen LogP contribution in [-0.4, -0.2) is 12.5 Å². The SMILES string of the molecule is CCN(C(=O)c1ccc(C)s1)c1ccc(F)c(F)c1. The third-order valence-electron chi connectivity index (χ3n) is 2.73. The van der Waals surface area contributed by atoms with Crippen LogP contribution in [0.5, 0.6) is 0 Å². The molecule has 100 valence electrons. The molecule has 0 saturated heterocycles. The lowest BCUT2D eigenvalue weighted by molar-refractivity contribution is 0.0992. The van der Waals surface area contributed by atoms with Gasteiger partial charge in [0.1, 0.15) is 0 Å². The van der Waals surface area contributed by atoms with Crippen molar-refractivity contribution in [1.29, 1.82) is 0 Å². The number of benzene rings is 1. The number of carbonyl (C=O) groups is 1. The maximum atomic E-state index is 13.2. The first-order chi connectivity index (χ1) is 9.02. The van der Waals surface area contributed by atoms with Gasteiger partial charge in [-0.15, -0.1) is 11.3 Å². The number of hydrogen-bond donors (Lipinski definition) is 0. The van der Waals surface area contributed by atoms with E-state index in [1.165, 1.54) is 22.3 Å². The van der Waals surface area contributed by atoms with Gasteiger partial charge < -0.3 is 4.90 Å². The van der Waals surface area contributed by atoms with Crippen molar-refractivity contribution in [3.05, 3.63) is 51.7 Å². The number of hydrogen-bond acceptors (Lipinski definition) is 2. The fraction of sp³-hybridized carbons (Fsp3) is 0.214. The van der Waals surface area contributed by atoms with E-state index in [2.05, 4.69) is 0 Å². The molecule has 0 aliphatic rings. The van der Waals surface area contributed by atoms with Crippen LogP contribution in [-0.2, 0) is 0 Å². The van der Waals surface area contributed by atoms with Crippen LogP contribution in [0.25, 0.3) is 0 Å². The van der Waals surface area contributed by atoms with Crippen LogP contribution < -0.4 is 4.90 Å². The van der Waals surface area contributed by atoms with Gasteiger partial charge >= 0.3 is 0 Å². The molecule has 0 bridgehead atoms. The van der Waals surface area contributed by atoms with E-state index in [9.17, 15) is 13.6 Å². The lowest BCUT2D eigenvalue weighted by Gasteiger charge is -2.20. The third kappa shape index (κ3) is 2.81. The van der Waals surface area contributed by atoms with Crippen LogP contribution >= 0.6 is 11.3 Å². The van der Waals surface area contributed by atoms with Crippen LogP contribution in [0, 0.1) is 18.6 Å². The van der Waals surface area contributed by atoms with E-state index in [0.717, 1.165) is 17.0 Å². The summed E-state index contributed by atoms with van der Waals surface area (Å²) < 4.78 is 26.2. The molecule has 1 amide bonds. The highest BCUT2D eigenvalue weighted by atomic mass is 32.1. The predicted octanol–water partition coefficient (Wildman–Crippen LogP) is 4.00. The molecule has 2 aromatic rings. The van der Waals surface area contributed by atoms with Crippen molar-refractivity contribution in [2.24, 2.45) is 0 Å². The van der Waals surface area contributed by atoms with Gasteiger partial charge in [-0.25, -0.2) is 8.78 Å². The van der Waals surface area contributed by atoms with E-state index in [-0.39, 0.29) is 5.91 Å². The van der Waals surface area contributed by atoms with Crippen LogP contribution in [0.3, 0.4) is 0 Å². The Morgan fingerprint density at radius 2 is 1.95 bits per heavy atom. The van der Waals surface area contributed by atoms with Crippen molar-refractivity contribution < 1.29 is 13.6 Å². The lowest BCUT2D eigenvalue weighted by Crippen LogP contribution is -2.30. The van der Waals surface area contributed by atoms with Crippen molar-refractivity contribution in [2.45, 2.75) is 13.8 Å². The minimum atomic E-state index is -0.953. The molecule has 0 aliphatic carbocycles. The lowest BCUT2D eigenvalue weighted by atomic mass is 10.2. The van der Waals surface area contributed by atoms with Gasteiger partial charge in [0.15, 0.2) is 11.6 Å². The second-order valence-electron chi connectivity index (χ2n) is 4.06. The van der Waals surface area contributed by atoms with Crippen molar-refractivity contribution >= 4 is 22.9 Å². The molecule has 1 heterocycles. The van der Waals surface area contributed by atoms with E-state index in [0.29, 0.717) is 17.1 Å². The molecule has 0 radical (unpaired) electrons. The minimum absolute atomic E-state index is 0.202. The van der Waals surface area contributed by atoms with Crippen LogP contribution in [0.15, 0.2) is 30.3 Å². The highest BCUT2D eigenvalue weighted by Crippen LogP contribution is 2.23. The third-order valence-corrected chi connectivity index (χ3v) is 3.72. The Morgan fingerprint density at radius 3 is 2.47 bits per heavy atom. The zero-order valence-electron chi connectivity index (χ0n) is 10.6. The number of amides is 1. The van der Waals surface area contributed by atoms with Gasteiger partial charge in [-0.1, -0.05) is 0 Å². The molecular formula is C14H13F2NOS. The summed E-state index contributed by atoms with van der Waals surface area (Å²) in [7, 11) is 0. The molecule has 0 atom stereocenters. The Bertz CT molecular complexity index is 609. The van der Waals surface area contributed by atoms with Gasteiger partial charge in [-0.2, -0.15) is 0 Å². The van der Waals surface area contributed by atoms with Gasteiger partial charge in [-0.3, -0.25) is 4.79 Å². The summed E-state index contributed by atoms with van der Waals surface area (Å²) in [6.07, 6.45) is 0. The quantitative estimate of drug-likeness (QED) is 0.832. The van der Waals surface area contributed by atoms with Gasteiger partial charge in [-0.05, 0) is 38.1 Å². The Morgan fingerprint density at radius 1 is 1.21 bits per heavy atom. The fourth-order valence-electron chi connectivity index (χ4n) is 1.78. The maximum Gasteiger partial charge on any atom is 0.268 e. The summed E-state index contributed by atoms with van der Waals surface area (Å²) in [6.45, 7) is 4.09. The largest absolute Gasteiger partial charge is 0.308 e. The first-order valence-corrected chi connectivity index (χ1v) is 6.68. The summed E-state index contributed by atoms with van der Waals surface area (Å²) in [5.74, 6) is -2.07. The second kappa shape index (κ2) is 5.48. The summed E-state index contributed by atoms with van der Waals surface area (Å²) in [4.78, 5) is 15.3. The summed E-state index contributed by atoms with van der Waals surface area (Å²) in [5, 5.41) is 0. The molecule has 1 aromatic carbocycles. The molecule has 0 fully saturated rings. The monoisotopic (exact) mass is 281 g/mol. The number of thiophene rings is 1. The number of aryl methyl sites for hydroxylation is 1. The van der Waals surface area contributed by atoms with Gasteiger partial charge in [0, 0.05) is 23.2 Å². The molecule has 0 saturated carbocycles. The van der Waals surface area contributed by atoms with Crippen LogP contribution in [0.2, 0.25) is 0 Å². The number of anilines is 1. The Labute approximate surface area is 114 Å². The smallest absolute Gasteiger partial charge is 0.268 e.